The van der Waals surface area contributed by atoms with Crippen molar-refractivity contribution in [3.63, 3.8) is 0 Å². The molecule has 3 amide bonds. The number of pyridine rings is 1. The van der Waals surface area contributed by atoms with Gasteiger partial charge in [-0.15, -0.1) is 11.3 Å². The first-order valence-corrected chi connectivity index (χ1v) is 13.1. The first kappa shape index (κ1) is 25.2. The highest BCUT2D eigenvalue weighted by atomic mass is 32.1. The van der Waals surface area contributed by atoms with E-state index >= 15 is 0 Å². The Balaban J connectivity index is 1.41. The van der Waals surface area contributed by atoms with Gasteiger partial charge in [0.05, 0.1) is 11.1 Å². The van der Waals surface area contributed by atoms with E-state index in [4.69, 9.17) is 4.74 Å². The van der Waals surface area contributed by atoms with E-state index in [9.17, 15) is 14.4 Å². The number of hydrogen-bond donors (Lipinski definition) is 2. The van der Waals surface area contributed by atoms with Gasteiger partial charge in [0.1, 0.15) is 10.6 Å². The van der Waals surface area contributed by atoms with E-state index in [1.54, 1.807) is 18.3 Å². The van der Waals surface area contributed by atoms with Crippen LogP contribution in [0.25, 0.3) is 0 Å². The molecule has 2 aliphatic rings. The van der Waals surface area contributed by atoms with Crippen molar-refractivity contribution in [2.75, 3.05) is 25.0 Å². The number of carbonyl (C=O) groups is 3. The average molecular weight is 499 g/mol. The number of rotatable bonds is 5. The van der Waals surface area contributed by atoms with Crippen LogP contribution < -0.4 is 10.6 Å². The Morgan fingerprint density at radius 2 is 1.91 bits per heavy atom. The van der Waals surface area contributed by atoms with Gasteiger partial charge in [-0.1, -0.05) is 0 Å². The summed E-state index contributed by atoms with van der Waals surface area (Å²) in [5.74, 6) is 0.0369. The molecule has 4 rings (SSSR count). The summed E-state index contributed by atoms with van der Waals surface area (Å²) in [6, 6.07) is 3.44. The monoisotopic (exact) mass is 498 g/mol. The standard InChI is InChI=1S/C26H34N4O4S/c1-26(2,3)34-25(33)28-15-17-10-13-30(14-11-17)24(32)21-19-8-4-5-9-20(19)35-23(21)29-22(31)18-7-6-12-27-16-18/h6-7,12,16-17H,4-5,8-11,13-15H2,1-3H3,(H,28,33)(H,29,31). The fraction of sp³-hybridized carbons (Fsp3) is 0.538. The van der Waals surface area contributed by atoms with Crippen molar-refractivity contribution in [1.29, 1.82) is 0 Å². The van der Waals surface area contributed by atoms with E-state index in [0.717, 1.165) is 44.1 Å². The van der Waals surface area contributed by atoms with Crippen LogP contribution in [0.5, 0.6) is 0 Å². The third kappa shape index (κ3) is 6.39. The van der Waals surface area contributed by atoms with Crippen LogP contribution in [0.4, 0.5) is 9.80 Å². The highest BCUT2D eigenvalue weighted by Crippen LogP contribution is 2.39. The Labute approximate surface area is 210 Å². The average Bonchev–Trinajstić information content (AvgIpc) is 3.20. The Morgan fingerprint density at radius 1 is 1.17 bits per heavy atom. The molecule has 1 fully saturated rings. The summed E-state index contributed by atoms with van der Waals surface area (Å²) in [5, 5.41) is 6.49. The Morgan fingerprint density at radius 3 is 2.60 bits per heavy atom. The molecule has 1 aliphatic heterocycles. The van der Waals surface area contributed by atoms with Gasteiger partial charge in [0.15, 0.2) is 0 Å². The maximum absolute atomic E-state index is 13.7. The number of aryl methyl sites for hydroxylation is 1. The van der Waals surface area contributed by atoms with Gasteiger partial charge in [0.25, 0.3) is 11.8 Å². The normalized spacial score (nSPS) is 16.4. The van der Waals surface area contributed by atoms with Crippen LogP contribution in [0.1, 0.15) is 77.6 Å². The van der Waals surface area contributed by atoms with Crippen molar-refractivity contribution in [3.05, 3.63) is 46.1 Å². The van der Waals surface area contributed by atoms with E-state index in [-0.39, 0.29) is 11.8 Å². The number of piperidine rings is 1. The van der Waals surface area contributed by atoms with E-state index in [1.807, 2.05) is 25.7 Å². The highest BCUT2D eigenvalue weighted by molar-refractivity contribution is 7.17. The number of hydrogen-bond acceptors (Lipinski definition) is 6. The maximum atomic E-state index is 13.7. The third-order valence-electron chi connectivity index (χ3n) is 6.37. The second-order valence-corrected chi connectivity index (χ2v) is 11.3. The minimum atomic E-state index is -0.524. The fourth-order valence-electron chi connectivity index (χ4n) is 4.59. The van der Waals surface area contributed by atoms with Gasteiger partial charge in [-0.25, -0.2) is 4.79 Å². The van der Waals surface area contributed by atoms with Crippen LogP contribution in [-0.4, -0.2) is 53.0 Å². The zero-order valence-electron chi connectivity index (χ0n) is 20.7. The molecule has 1 aliphatic carbocycles. The van der Waals surface area contributed by atoms with Crippen LogP contribution in [0.3, 0.4) is 0 Å². The molecule has 0 bridgehead atoms. The predicted octanol–water partition coefficient (Wildman–Crippen LogP) is 4.65. The molecule has 2 aromatic heterocycles. The molecule has 1 saturated heterocycles. The Hall–Kier alpha value is -2.94. The number of nitrogens with one attached hydrogen (secondary N) is 2. The molecule has 2 aromatic rings. The minimum Gasteiger partial charge on any atom is -0.444 e. The number of likely N-dealkylation sites (tertiary alicyclic amines) is 1. The zero-order chi connectivity index (χ0) is 25.0. The second-order valence-electron chi connectivity index (χ2n) is 10.2. The number of thiophene rings is 1. The number of alkyl carbamates (subject to hydrolysis) is 1. The lowest BCUT2D eigenvalue weighted by Gasteiger charge is -2.32. The van der Waals surface area contributed by atoms with Crippen molar-refractivity contribution in [3.8, 4) is 0 Å². The minimum absolute atomic E-state index is 0.00978. The molecule has 8 nitrogen and oxygen atoms in total. The van der Waals surface area contributed by atoms with Crippen molar-refractivity contribution in [2.45, 2.75) is 64.9 Å². The fourth-order valence-corrected chi connectivity index (χ4v) is 5.87. The summed E-state index contributed by atoms with van der Waals surface area (Å²) in [6.45, 7) is 7.31. The SMILES string of the molecule is CC(C)(C)OC(=O)NCC1CCN(C(=O)c2c(NC(=O)c3cccnc3)sc3c2CCCC3)CC1. The molecule has 3 heterocycles. The van der Waals surface area contributed by atoms with Gasteiger partial charge in [0.2, 0.25) is 0 Å². The lowest BCUT2D eigenvalue weighted by atomic mass is 9.93. The molecular formula is C26H34N4O4S. The molecule has 0 radical (unpaired) electrons. The Kier molecular flexibility index (Phi) is 7.74. The quantitative estimate of drug-likeness (QED) is 0.625. The molecule has 0 aromatic carbocycles. The van der Waals surface area contributed by atoms with Crippen molar-refractivity contribution < 1.29 is 19.1 Å². The summed E-state index contributed by atoms with van der Waals surface area (Å²) in [6.07, 6.45) is 8.34. The van der Waals surface area contributed by atoms with Crippen LogP contribution in [-0.2, 0) is 17.6 Å². The van der Waals surface area contributed by atoms with E-state index in [1.165, 1.54) is 22.4 Å². The number of carbonyl (C=O) groups excluding carboxylic acids is 3. The Bertz CT molecular complexity index is 1070. The molecule has 188 valence electrons. The molecule has 9 heteroatoms. The molecule has 0 saturated carbocycles. The number of nitrogens with zero attached hydrogens (tertiary/aromatic N) is 2. The highest BCUT2D eigenvalue weighted by Gasteiger charge is 2.31. The van der Waals surface area contributed by atoms with Crippen molar-refractivity contribution in [2.24, 2.45) is 5.92 Å². The summed E-state index contributed by atoms with van der Waals surface area (Å²) >= 11 is 1.53. The first-order chi connectivity index (χ1) is 16.7. The molecular weight excluding hydrogens is 464 g/mol. The number of aromatic nitrogens is 1. The van der Waals surface area contributed by atoms with Gasteiger partial charge < -0.3 is 20.3 Å². The smallest absolute Gasteiger partial charge is 0.407 e. The summed E-state index contributed by atoms with van der Waals surface area (Å²) in [4.78, 5) is 45.6. The number of ether oxygens (including phenoxy) is 1. The van der Waals surface area contributed by atoms with Crippen LogP contribution in [0, 0.1) is 5.92 Å². The second kappa shape index (κ2) is 10.8. The van der Waals surface area contributed by atoms with Gasteiger partial charge in [0, 0.05) is 36.9 Å². The third-order valence-corrected chi connectivity index (χ3v) is 7.58. The maximum Gasteiger partial charge on any atom is 0.407 e. The number of amides is 3. The van der Waals surface area contributed by atoms with Crippen LogP contribution >= 0.6 is 11.3 Å². The topological polar surface area (TPSA) is 101 Å². The van der Waals surface area contributed by atoms with Crippen molar-refractivity contribution >= 4 is 34.2 Å². The van der Waals surface area contributed by atoms with Gasteiger partial charge in [-0.2, -0.15) is 0 Å². The predicted molar refractivity (Wildman–Crippen MR) is 136 cm³/mol. The summed E-state index contributed by atoms with van der Waals surface area (Å²) < 4.78 is 5.31. The molecule has 0 atom stereocenters. The molecule has 0 unspecified atom stereocenters. The van der Waals surface area contributed by atoms with Crippen LogP contribution in [0.2, 0.25) is 0 Å². The summed E-state index contributed by atoms with van der Waals surface area (Å²) in [7, 11) is 0. The zero-order valence-corrected chi connectivity index (χ0v) is 21.5. The molecule has 2 N–H and O–H groups in total. The van der Waals surface area contributed by atoms with Crippen molar-refractivity contribution in [1.82, 2.24) is 15.2 Å². The van der Waals surface area contributed by atoms with E-state index in [0.29, 0.717) is 41.7 Å². The molecule has 0 spiro atoms. The largest absolute Gasteiger partial charge is 0.444 e. The van der Waals surface area contributed by atoms with Gasteiger partial charge in [-0.05, 0) is 82.9 Å². The number of anilines is 1. The van der Waals surface area contributed by atoms with Gasteiger partial charge in [-0.3, -0.25) is 14.6 Å². The summed E-state index contributed by atoms with van der Waals surface area (Å²) in [5.41, 5.74) is 1.70. The van der Waals surface area contributed by atoms with Crippen LogP contribution in [0.15, 0.2) is 24.5 Å². The molecule has 35 heavy (non-hydrogen) atoms. The lowest BCUT2D eigenvalue weighted by Crippen LogP contribution is -2.42. The van der Waals surface area contributed by atoms with E-state index < -0.39 is 11.7 Å². The lowest BCUT2D eigenvalue weighted by molar-refractivity contribution is 0.0500. The van der Waals surface area contributed by atoms with Gasteiger partial charge >= 0.3 is 6.09 Å². The van der Waals surface area contributed by atoms with E-state index in [2.05, 4.69) is 15.6 Å². The first-order valence-electron chi connectivity index (χ1n) is 12.3. The number of fused-ring (bicyclic) bond motifs is 1.